The normalized spacial score (nSPS) is 10.9. The molecule has 0 amide bonds. The summed E-state index contributed by atoms with van der Waals surface area (Å²) in [5.41, 5.74) is 1.38. The van der Waals surface area contributed by atoms with Gasteiger partial charge < -0.3 is 4.57 Å². The molecule has 2 nitrogen and oxygen atoms in total. The zero-order valence-corrected chi connectivity index (χ0v) is 9.93. The molecule has 0 saturated carbocycles. The molecule has 1 heterocycles. The summed E-state index contributed by atoms with van der Waals surface area (Å²) in [5, 5.41) is 0. The van der Waals surface area contributed by atoms with Gasteiger partial charge in [0.1, 0.15) is 5.82 Å². The number of nitrogens with zero attached hydrogens (tertiary/aromatic N) is 2. The molecule has 0 bridgehead atoms. The molecule has 0 fully saturated rings. The Bertz CT molecular complexity index is 429. The summed E-state index contributed by atoms with van der Waals surface area (Å²) in [6, 6.07) is 10.6. The van der Waals surface area contributed by atoms with Crippen LogP contribution in [0.25, 0.3) is 0 Å². The van der Waals surface area contributed by atoms with Crippen LogP contribution < -0.4 is 0 Å². The molecule has 0 aliphatic heterocycles. The molecule has 0 radical (unpaired) electrons. The molecule has 0 N–H and O–H groups in total. The van der Waals surface area contributed by atoms with Crippen LogP contribution in [0.5, 0.6) is 0 Å². The molecule has 0 atom stereocenters. The summed E-state index contributed by atoms with van der Waals surface area (Å²) in [4.78, 5) is 4.39. The third-order valence-electron chi connectivity index (χ3n) is 2.75. The molecule has 16 heavy (non-hydrogen) atoms. The van der Waals surface area contributed by atoms with Gasteiger partial charge in [-0.15, -0.1) is 0 Å². The molecule has 2 heteroatoms. The lowest BCUT2D eigenvalue weighted by Gasteiger charge is -2.10. The largest absolute Gasteiger partial charge is 0.334 e. The number of aryl methyl sites for hydroxylation is 2. The maximum absolute atomic E-state index is 4.39. The summed E-state index contributed by atoms with van der Waals surface area (Å²) in [6.45, 7) is 5.38. The lowest BCUT2D eigenvalue weighted by atomic mass is 10.1. The van der Waals surface area contributed by atoms with Crippen molar-refractivity contribution >= 4 is 0 Å². The van der Waals surface area contributed by atoms with Crippen LogP contribution in [0.15, 0.2) is 42.7 Å². The number of benzene rings is 1. The molecule has 0 aliphatic rings. The minimum absolute atomic E-state index is 0.491. The first-order valence-electron chi connectivity index (χ1n) is 5.82. The zero-order valence-electron chi connectivity index (χ0n) is 9.93. The Labute approximate surface area is 97.0 Å². The van der Waals surface area contributed by atoms with Crippen molar-refractivity contribution in [2.75, 3.05) is 0 Å². The molecule has 2 rings (SSSR count). The van der Waals surface area contributed by atoms with Gasteiger partial charge in [-0.25, -0.2) is 4.98 Å². The van der Waals surface area contributed by atoms with Crippen molar-refractivity contribution in [3.8, 4) is 0 Å². The first-order valence-corrected chi connectivity index (χ1v) is 5.82. The fraction of sp³-hybridized carbons (Fsp3) is 0.357. The predicted octanol–water partition coefficient (Wildman–Crippen LogP) is 3.25. The highest BCUT2D eigenvalue weighted by molar-refractivity contribution is 5.14. The first kappa shape index (κ1) is 10.9. The van der Waals surface area contributed by atoms with E-state index in [1.54, 1.807) is 0 Å². The van der Waals surface area contributed by atoms with Crippen LogP contribution >= 0.6 is 0 Å². The fourth-order valence-corrected chi connectivity index (χ4v) is 1.90. The van der Waals surface area contributed by atoms with E-state index in [1.807, 2.05) is 6.20 Å². The first-order chi connectivity index (χ1) is 7.77. The smallest absolute Gasteiger partial charge is 0.111 e. The van der Waals surface area contributed by atoms with Gasteiger partial charge in [-0.05, 0) is 12.0 Å². The Hall–Kier alpha value is -1.57. The Morgan fingerprint density at radius 3 is 2.62 bits per heavy atom. The number of rotatable bonds is 4. The number of hydrogen-bond donors (Lipinski definition) is 0. The molecular formula is C14H18N2. The lowest BCUT2D eigenvalue weighted by Crippen LogP contribution is -2.06. The van der Waals surface area contributed by atoms with Gasteiger partial charge in [0.2, 0.25) is 0 Å². The molecule has 84 valence electrons. The van der Waals surface area contributed by atoms with Crippen molar-refractivity contribution in [2.24, 2.45) is 0 Å². The summed E-state index contributed by atoms with van der Waals surface area (Å²) >= 11 is 0. The molecule has 2 aromatic rings. The summed E-state index contributed by atoms with van der Waals surface area (Å²) < 4.78 is 2.25. The summed E-state index contributed by atoms with van der Waals surface area (Å²) in [6.07, 6.45) is 5.02. The van der Waals surface area contributed by atoms with E-state index in [4.69, 9.17) is 0 Å². The van der Waals surface area contributed by atoms with Gasteiger partial charge >= 0.3 is 0 Å². The molecule has 0 spiro atoms. The van der Waals surface area contributed by atoms with E-state index in [-0.39, 0.29) is 0 Å². The van der Waals surface area contributed by atoms with E-state index < -0.39 is 0 Å². The van der Waals surface area contributed by atoms with Crippen molar-refractivity contribution < 1.29 is 0 Å². The minimum atomic E-state index is 0.491. The summed E-state index contributed by atoms with van der Waals surface area (Å²) in [5.74, 6) is 1.67. The van der Waals surface area contributed by atoms with Crippen LogP contribution in [-0.2, 0) is 13.0 Å². The third kappa shape index (κ3) is 2.51. The third-order valence-corrected chi connectivity index (χ3v) is 2.75. The van der Waals surface area contributed by atoms with Crippen molar-refractivity contribution in [2.45, 2.75) is 32.7 Å². The standard InChI is InChI=1S/C14H18N2/c1-12(2)14-15-9-11-16(14)10-8-13-6-4-3-5-7-13/h3-7,9,11-12H,8,10H2,1-2H3. The van der Waals surface area contributed by atoms with Gasteiger partial charge in [0, 0.05) is 24.9 Å². The Kier molecular flexibility index (Phi) is 3.40. The van der Waals surface area contributed by atoms with E-state index in [0.717, 1.165) is 13.0 Å². The zero-order chi connectivity index (χ0) is 11.4. The number of hydrogen-bond acceptors (Lipinski definition) is 1. The Morgan fingerprint density at radius 2 is 1.94 bits per heavy atom. The van der Waals surface area contributed by atoms with E-state index in [1.165, 1.54) is 11.4 Å². The van der Waals surface area contributed by atoms with Gasteiger partial charge in [0.25, 0.3) is 0 Å². The highest BCUT2D eigenvalue weighted by Crippen LogP contribution is 2.12. The van der Waals surface area contributed by atoms with E-state index in [9.17, 15) is 0 Å². The predicted molar refractivity (Wildman–Crippen MR) is 66.5 cm³/mol. The van der Waals surface area contributed by atoms with Crippen molar-refractivity contribution in [1.29, 1.82) is 0 Å². The molecule has 1 aromatic heterocycles. The average molecular weight is 214 g/mol. The maximum Gasteiger partial charge on any atom is 0.111 e. The second kappa shape index (κ2) is 4.97. The van der Waals surface area contributed by atoms with Crippen molar-refractivity contribution in [3.63, 3.8) is 0 Å². The molecular weight excluding hydrogens is 196 g/mol. The van der Waals surface area contributed by atoms with Crippen LogP contribution in [0.1, 0.15) is 31.2 Å². The van der Waals surface area contributed by atoms with Gasteiger partial charge in [0.15, 0.2) is 0 Å². The van der Waals surface area contributed by atoms with E-state index in [2.05, 4.69) is 59.9 Å². The second-order valence-corrected chi connectivity index (χ2v) is 4.37. The monoisotopic (exact) mass is 214 g/mol. The molecule has 0 unspecified atom stereocenters. The SMILES string of the molecule is CC(C)c1nccn1CCc1ccccc1. The Balaban J connectivity index is 2.02. The number of aromatic nitrogens is 2. The molecule has 0 aliphatic carbocycles. The number of imidazole rings is 1. The van der Waals surface area contributed by atoms with Crippen LogP contribution in [-0.4, -0.2) is 9.55 Å². The van der Waals surface area contributed by atoms with Crippen molar-refractivity contribution in [1.82, 2.24) is 9.55 Å². The van der Waals surface area contributed by atoms with E-state index >= 15 is 0 Å². The topological polar surface area (TPSA) is 17.8 Å². The average Bonchev–Trinajstić information content (AvgIpc) is 2.76. The highest BCUT2D eigenvalue weighted by Gasteiger charge is 2.06. The Morgan fingerprint density at radius 1 is 1.19 bits per heavy atom. The van der Waals surface area contributed by atoms with Gasteiger partial charge in [-0.2, -0.15) is 0 Å². The van der Waals surface area contributed by atoms with Crippen LogP contribution in [0.3, 0.4) is 0 Å². The summed E-state index contributed by atoms with van der Waals surface area (Å²) in [7, 11) is 0. The van der Waals surface area contributed by atoms with Gasteiger partial charge in [-0.3, -0.25) is 0 Å². The maximum atomic E-state index is 4.39. The van der Waals surface area contributed by atoms with Crippen LogP contribution in [0, 0.1) is 0 Å². The van der Waals surface area contributed by atoms with Gasteiger partial charge in [-0.1, -0.05) is 44.2 Å². The molecule has 1 aromatic carbocycles. The van der Waals surface area contributed by atoms with Crippen LogP contribution in [0.4, 0.5) is 0 Å². The van der Waals surface area contributed by atoms with E-state index in [0.29, 0.717) is 5.92 Å². The molecule has 0 saturated heterocycles. The quantitative estimate of drug-likeness (QED) is 0.764. The van der Waals surface area contributed by atoms with Crippen LogP contribution in [0.2, 0.25) is 0 Å². The minimum Gasteiger partial charge on any atom is -0.334 e. The fourth-order valence-electron chi connectivity index (χ4n) is 1.90. The van der Waals surface area contributed by atoms with Crippen molar-refractivity contribution in [3.05, 3.63) is 54.1 Å². The highest BCUT2D eigenvalue weighted by atomic mass is 15.1. The lowest BCUT2D eigenvalue weighted by molar-refractivity contribution is 0.619. The second-order valence-electron chi connectivity index (χ2n) is 4.37. The van der Waals surface area contributed by atoms with Gasteiger partial charge in [0.05, 0.1) is 0 Å².